The van der Waals surface area contributed by atoms with E-state index in [4.69, 9.17) is 9.47 Å². The number of methoxy groups -OCH3 is 1. The van der Waals surface area contributed by atoms with Crippen LogP contribution in [0.5, 0.6) is 11.5 Å². The summed E-state index contributed by atoms with van der Waals surface area (Å²) < 4.78 is 11.7. The summed E-state index contributed by atoms with van der Waals surface area (Å²) in [5.41, 5.74) is -0.315. The van der Waals surface area contributed by atoms with Crippen molar-refractivity contribution < 1.29 is 24.8 Å². The molecule has 1 heterocycles. The van der Waals surface area contributed by atoms with E-state index in [2.05, 4.69) is 25.8 Å². The Morgan fingerprint density at radius 3 is 2.67 bits per heavy atom. The summed E-state index contributed by atoms with van der Waals surface area (Å²) in [7, 11) is 3.62. The fraction of sp³-hybridized carbons (Fsp3) is 0.750. The highest BCUT2D eigenvalue weighted by molar-refractivity contribution is 5.57. The van der Waals surface area contributed by atoms with Gasteiger partial charge >= 0.3 is 0 Å². The first-order valence-corrected chi connectivity index (χ1v) is 11.2. The van der Waals surface area contributed by atoms with E-state index in [0.717, 1.165) is 30.5 Å². The Labute approximate surface area is 180 Å². The highest BCUT2D eigenvalue weighted by Gasteiger charge is 2.62. The van der Waals surface area contributed by atoms with E-state index < -0.39 is 22.7 Å². The number of hydrogen-bond acceptors (Lipinski definition) is 6. The molecule has 170 valence electrons. The van der Waals surface area contributed by atoms with Gasteiger partial charge in [0.25, 0.3) is 0 Å². The zero-order chi connectivity index (χ0) is 22.3. The Morgan fingerprint density at radius 2 is 2.07 bits per heavy atom. The lowest BCUT2D eigenvalue weighted by Crippen LogP contribution is -2.70. The highest BCUT2D eigenvalue weighted by Crippen LogP contribution is 2.58. The molecule has 1 saturated heterocycles. The van der Waals surface area contributed by atoms with E-state index in [-0.39, 0.29) is 11.8 Å². The van der Waals surface area contributed by atoms with Crippen LogP contribution in [0.3, 0.4) is 0 Å². The van der Waals surface area contributed by atoms with Gasteiger partial charge in [-0.15, -0.1) is 0 Å². The Bertz CT molecular complexity index is 764. The molecule has 0 amide bonds. The van der Waals surface area contributed by atoms with Crippen molar-refractivity contribution in [3.8, 4) is 11.5 Å². The number of phenols is 1. The number of phenolic OH excluding ortho intramolecular Hbond substituents is 1. The van der Waals surface area contributed by atoms with Crippen molar-refractivity contribution in [2.45, 2.75) is 88.6 Å². The minimum Gasteiger partial charge on any atom is -0.504 e. The summed E-state index contributed by atoms with van der Waals surface area (Å²) in [5.74, 6) is 0.579. The van der Waals surface area contributed by atoms with Gasteiger partial charge in [0.1, 0.15) is 0 Å². The van der Waals surface area contributed by atoms with Gasteiger partial charge in [-0.1, -0.05) is 13.0 Å². The summed E-state index contributed by atoms with van der Waals surface area (Å²) in [6.07, 6.45) is 2.91. The van der Waals surface area contributed by atoms with Crippen LogP contribution in [0.1, 0.15) is 64.5 Å². The Balaban J connectivity index is 2.11. The second-order valence-corrected chi connectivity index (χ2v) is 9.80. The summed E-state index contributed by atoms with van der Waals surface area (Å²) in [6, 6.07) is 3.81. The van der Waals surface area contributed by atoms with Crippen LogP contribution in [-0.4, -0.2) is 70.9 Å². The maximum atomic E-state index is 12.0. The molecule has 1 aromatic carbocycles. The number of piperidine rings is 1. The van der Waals surface area contributed by atoms with Crippen LogP contribution < -0.4 is 4.74 Å². The van der Waals surface area contributed by atoms with Crippen molar-refractivity contribution in [3.05, 3.63) is 23.3 Å². The minimum atomic E-state index is -1.04. The maximum Gasteiger partial charge on any atom is 0.161 e. The van der Waals surface area contributed by atoms with E-state index >= 15 is 0 Å². The molecule has 3 N–H and O–H groups in total. The molecule has 0 radical (unpaired) electrons. The number of aliphatic hydroxyl groups is 2. The smallest absolute Gasteiger partial charge is 0.161 e. The van der Waals surface area contributed by atoms with E-state index in [1.807, 2.05) is 19.1 Å². The lowest BCUT2D eigenvalue weighted by molar-refractivity contribution is -0.160. The monoisotopic (exact) mass is 421 g/mol. The van der Waals surface area contributed by atoms with E-state index in [0.29, 0.717) is 31.6 Å². The fourth-order valence-corrected chi connectivity index (χ4v) is 5.70. The molecule has 1 aliphatic carbocycles. The van der Waals surface area contributed by atoms with E-state index in [1.54, 1.807) is 14.0 Å². The lowest BCUT2D eigenvalue weighted by Gasteiger charge is -2.61. The molecule has 30 heavy (non-hydrogen) atoms. The maximum absolute atomic E-state index is 12.0. The average Bonchev–Trinajstić information content (AvgIpc) is 2.67. The molecule has 3 rings (SSSR count). The van der Waals surface area contributed by atoms with Crippen molar-refractivity contribution in [2.75, 3.05) is 27.3 Å². The molecule has 1 fully saturated rings. The lowest BCUT2D eigenvalue weighted by atomic mass is 9.52. The van der Waals surface area contributed by atoms with Crippen molar-refractivity contribution in [3.63, 3.8) is 0 Å². The number of likely N-dealkylation sites (tertiary alicyclic amines) is 1. The Morgan fingerprint density at radius 1 is 1.37 bits per heavy atom. The fourth-order valence-electron chi connectivity index (χ4n) is 5.70. The third-order valence-electron chi connectivity index (χ3n) is 7.79. The Kier molecular flexibility index (Phi) is 6.46. The summed E-state index contributed by atoms with van der Waals surface area (Å²) >= 11 is 0. The summed E-state index contributed by atoms with van der Waals surface area (Å²) in [5, 5.41) is 32.8. The van der Waals surface area contributed by atoms with Crippen LogP contribution >= 0.6 is 0 Å². The number of likely N-dealkylation sites (N-methyl/N-ethyl adjacent to an activating group) is 1. The van der Waals surface area contributed by atoms with Gasteiger partial charge in [-0.25, -0.2) is 0 Å². The molecule has 0 spiro atoms. The van der Waals surface area contributed by atoms with Crippen molar-refractivity contribution in [1.82, 2.24) is 4.90 Å². The van der Waals surface area contributed by atoms with Crippen LogP contribution in [0.25, 0.3) is 0 Å². The van der Waals surface area contributed by atoms with Crippen molar-refractivity contribution in [1.29, 1.82) is 0 Å². The molecule has 0 saturated carbocycles. The molecule has 5 atom stereocenters. The van der Waals surface area contributed by atoms with Gasteiger partial charge in [0.2, 0.25) is 0 Å². The minimum absolute atomic E-state index is 0.0369. The van der Waals surface area contributed by atoms with E-state index in [9.17, 15) is 15.3 Å². The highest BCUT2D eigenvalue weighted by atomic mass is 16.5. The number of benzene rings is 1. The third kappa shape index (κ3) is 3.72. The average molecular weight is 422 g/mol. The van der Waals surface area contributed by atoms with Gasteiger partial charge < -0.3 is 29.7 Å². The van der Waals surface area contributed by atoms with Crippen LogP contribution in [0.4, 0.5) is 0 Å². The quantitative estimate of drug-likeness (QED) is 0.599. The van der Waals surface area contributed by atoms with Gasteiger partial charge in [-0.3, -0.25) is 0 Å². The van der Waals surface area contributed by atoms with Crippen LogP contribution in [-0.2, 0) is 16.6 Å². The van der Waals surface area contributed by atoms with Crippen LogP contribution in [0.15, 0.2) is 12.1 Å². The molecule has 2 bridgehead atoms. The molecular weight excluding hydrogens is 382 g/mol. The van der Waals surface area contributed by atoms with Crippen LogP contribution in [0, 0.1) is 0 Å². The molecule has 6 nitrogen and oxygen atoms in total. The number of aliphatic hydroxyl groups excluding tert-OH is 1. The van der Waals surface area contributed by atoms with Gasteiger partial charge in [0, 0.05) is 23.6 Å². The molecular formula is C24H39NO5. The molecule has 3 unspecified atom stereocenters. The number of nitrogens with zero attached hydrogens (tertiary/aromatic N) is 1. The molecule has 0 aromatic heterocycles. The van der Waals surface area contributed by atoms with Gasteiger partial charge in [-0.05, 0) is 78.1 Å². The number of fused-ring (bicyclic) bond motifs is 4. The first kappa shape index (κ1) is 23.3. The number of hydrogen-bond donors (Lipinski definition) is 3. The van der Waals surface area contributed by atoms with Crippen molar-refractivity contribution in [2.24, 2.45) is 0 Å². The number of ether oxygens (including phenoxy) is 2. The summed E-state index contributed by atoms with van der Waals surface area (Å²) in [4.78, 5) is 2.24. The first-order chi connectivity index (χ1) is 14.0. The normalized spacial score (nSPS) is 31.7. The molecule has 1 aromatic rings. The first-order valence-electron chi connectivity index (χ1n) is 11.2. The number of rotatable bonds is 8. The zero-order valence-electron chi connectivity index (χ0n) is 19.4. The second kappa shape index (κ2) is 8.30. The number of aromatic hydroxyl groups is 1. The van der Waals surface area contributed by atoms with Crippen molar-refractivity contribution >= 4 is 0 Å². The van der Waals surface area contributed by atoms with E-state index in [1.165, 1.54) is 0 Å². The predicted octanol–water partition coefficient (Wildman–Crippen LogP) is 3.00. The Hall–Kier alpha value is -1.34. The van der Waals surface area contributed by atoms with Gasteiger partial charge in [0.05, 0.1) is 24.4 Å². The zero-order valence-corrected chi connectivity index (χ0v) is 19.4. The SMILES string of the molecule is CCC(C)(C[C@]12CCN(C)[C@H](Cc3ccc(OC)c(O)c31)C2(C)O)OCCC(C)O. The third-order valence-corrected chi connectivity index (χ3v) is 7.79. The van der Waals surface area contributed by atoms with Crippen LogP contribution in [0.2, 0.25) is 0 Å². The summed E-state index contributed by atoms with van der Waals surface area (Å²) in [6.45, 7) is 9.15. The molecule has 2 aliphatic rings. The predicted molar refractivity (Wildman–Crippen MR) is 117 cm³/mol. The molecule has 6 heteroatoms. The largest absolute Gasteiger partial charge is 0.504 e. The van der Waals surface area contributed by atoms with Gasteiger partial charge in [-0.2, -0.15) is 0 Å². The van der Waals surface area contributed by atoms with Gasteiger partial charge in [0.15, 0.2) is 11.5 Å². The standard InChI is InChI=1S/C24H39NO5/c1-7-22(3,30-13-10-16(2)26)15-24-11-12-25(5)19(23(24,4)28)14-17-8-9-18(29-6)21(27)20(17)24/h8-9,16,19,26-28H,7,10-15H2,1-6H3/t16?,19-,22?,23?,24-/m1/s1. The second-order valence-electron chi connectivity index (χ2n) is 9.80. The topological polar surface area (TPSA) is 82.4 Å². The molecule has 1 aliphatic heterocycles.